The first kappa shape index (κ1) is 7.57. The van der Waals surface area contributed by atoms with Gasteiger partial charge in [-0.2, -0.15) is 0 Å². The molecule has 5 heteroatoms. The first-order chi connectivity index (χ1) is 3.27. The Labute approximate surface area is 52.6 Å². The molecule has 0 aliphatic carbocycles. The van der Waals surface area contributed by atoms with Gasteiger partial charge in [-0.3, -0.25) is 0 Å². The number of hydrogen-bond donors (Lipinski definition) is 2. The predicted octanol–water partition coefficient (Wildman–Crippen LogP) is -4.38. The van der Waals surface area contributed by atoms with Gasteiger partial charge >= 0.3 is 52.3 Å². The average Bonchev–Trinajstić information content (AvgIpc) is 1.61. The van der Waals surface area contributed by atoms with Crippen molar-refractivity contribution < 1.29 is 21.2 Å². The van der Waals surface area contributed by atoms with E-state index in [2.05, 4.69) is 0 Å². The van der Waals surface area contributed by atoms with Gasteiger partial charge in [0.25, 0.3) is 0 Å². The monoisotopic (exact) mass is 217 g/mol. The standard InChI is InChI=1S/C2H8IN3O/c4-1-3-2-6(5)7/h1-2,4-5H2/q-2. The van der Waals surface area contributed by atoms with E-state index in [0.29, 0.717) is 14.3 Å². The number of rotatable bonds is 3. The topological polar surface area (TPSA) is 78.3 Å². The second-order valence-corrected chi connectivity index (χ2v) is 3.52. The summed E-state index contributed by atoms with van der Waals surface area (Å²) in [6, 6.07) is 0. The second-order valence-electron chi connectivity index (χ2n) is 0.880. The second kappa shape index (κ2) is 4.72. The fourth-order valence-corrected chi connectivity index (χ4v) is 0.886. The zero-order chi connectivity index (χ0) is 5.70. The Morgan fingerprint density at radius 2 is 2.29 bits per heavy atom. The van der Waals surface area contributed by atoms with Crippen molar-refractivity contribution in [3.8, 4) is 0 Å². The maximum atomic E-state index is 9.87. The third-order valence-electron chi connectivity index (χ3n) is 0.311. The summed E-state index contributed by atoms with van der Waals surface area (Å²) >= 11 is -0.146. The number of hydroxylamine groups is 1. The van der Waals surface area contributed by atoms with Gasteiger partial charge in [-0.1, -0.05) is 0 Å². The fraction of sp³-hybridized carbons (Fsp3) is 1.00. The van der Waals surface area contributed by atoms with Crippen molar-refractivity contribution in [3.63, 3.8) is 0 Å². The molecule has 46 valence electrons. The molecule has 0 amide bonds. The number of alkyl halides is 2. The molecule has 0 radical (unpaired) electrons. The predicted molar refractivity (Wildman–Crippen MR) is 23.3 cm³/mol. The molecule has 0 aromatic heterocycles. The van der Waals surface area contributed by atoms with Crippen molar-refractivity contribution in [2.24, 2.45) is 11.6 Å². The number of hydrogen-bond acceptors (Lipinski definition) is 4. The number of hydrazine groups is 1. The van der Waals surface area contributed by atoms with Crippen LogP contribution in [0.2, 0.25) is 0 Å². The van der Waals surface area contributed by atoms with E-state index >= 15 is 0 Å². The molecule has 0 bridgehead atoms. The Morgan fingerprint density at radius 1 is 1.71 bits per heavy atom. The average molecular weight is 217 g/mol. The molecule has 0 rings (SSSR count). The van der Waals surface area contributed by atoms with E-state index in [0.717, 1.165) is 0 Å². The SMILES string of the molecule is NC[I-]CN(N)[O-]. The molecular formula is C2H8IN3O-2. The van der Waals surface area contributed by atoms with Crippen LogP contribution in [0.1, 0.15) is 0 Å². The molecule has 0 saturated carbocycles. The summed E-state index contributed by atoms with van der Waals surface area (Å²) in [4.78, 5) is 0. The first-order valence-corrected chi connectivity index (χ1v) is 4.75. The zero-order valence-electron chi connectivity index (χ0n) is 3.80. The van der Waals surface area contributed by atoms with Crippen LogP contribution in [-0.4, -0.2) is 14.3 Å². The Hall–Kier alpha value is 0.570. The van der Waals surface area contributed by atoms with Crippen molar-refractivity contribution in [2.75, 3.05) is 9.10 Å². The molecular weight excluding hydrogens is 209 g/mol. The van der Waals surface area contributed by atoms with E-state index in [-0.39, 0.29) is 21.2 Å². The third kappa shape index (κ3) is 6.57. The molecule has 0 heterocycles. The van der Waals surface area contributed by atoms with E-state index in [1.807, 2.05) is 0 Å². The zero-order valence-corrected chi connectivity index (χ0v) is 5.96. The van der Waals surface area contributed by atoms with Gasteiger partial charge in [-0.25, -0.2) is 0 Å². The van der Waals surface area contributed by atoms with Crippen LogP contribution in [0.3, 0.4) is 0 Å². The molecule has 0 aromatic carbocycles. The van der Waals surface area contributed by atoms with Gasteiger partial charge in [-0.05, 0) is 0 Å². The maximum absolute atomic E-state index is 9.87. The number of nitrogens with two attached hydrogens (primary N) is 2. The molecule has 0 atom stereocenters. The van der Waals surface area contributed by atoms with E-state index in [4.69, 9.17) is 11.6 Å². The molecule has 7 heavy (non-hydrogen) atoms. The molecule has 0 aliphatic heterocycles. The normalized spacial score (nSPS) is 10.9. The van der Waals surface area contributed by atoms with Crippen molar-refractivity contribution in [2.45, 2.75) is 0 Å². The molecule has 0 aromatic rings. The van der Waals surface area contributed by atoms with Crippen LogP contribution in [0, 0.1) is 5.21 Å². The van der Waals surface area contributed by atoms with Crippen LogP contribution in [0.25, 0.3) is 0 Å². The third-order valence-corrected chi connectivity index (χ3v) is 2.09. The summed E-state index contributed by atoms with van der Waals surface area (Å²) in [5.74, 6) is 4.73. The van der Waals surface area contributed by atoms with Gasteiger partial charge in [0.15, 0.2) is 0 Å². The van der Waals surface area contributed by atoms with Gasteiger partial charge in [0.1, 0.15) is 0 Å². The van der Waals surface area contributed by atoms with E-state index < -0.39 is 0 Å². The molecule has 4 N–H and O–H groups in total. The van der Waals surface area contributed by atoms with Crippen LogP contribution in [-0.2, 0) is 0 Å². The molecule has 0 fully saturated rings. The van der Waals surface area contributed by atoms with Crippen LogP contribution >= 0.6 is 0 Å². The molecule has 0 unspecified atom stereocenters. The number of halogens is 1. The van der Waals surface area contributed by atoms with Crippen molar-refractivity contribution in [3.05, 3.63) is 5.21 Å². The van der Waals surface area contributed by atoms with Crippen molar-refractivity contribution in [1.29, 1.82) is 0 Å². The van der Waals surface area contributed by atoms with Crippen molar-refractivity contribution >= 4 is 0 Å². The van der Waals surface area contributed by atoms with Gasteiger partial charge in [0.2, 0.25) is 0 Å². The minimum absolute atomic E-state index is 0.146. The van der Waals surface area contributed by atoms with E-state index in [1.165, 1.54) is 0 Å². The fourth-order valence-electron chi connectivity index (χ4n) is 0.132. The van der Waals surface area contributed by atoms with Crippen LogP contribution in [0.15, 0.2) is 0 Å². The summed E-state index contributed by atoms with van der Waals surface area (Å²) in [6.45, 7) is 0. The summed E-state index contributed by atoms with van der Waals surface area (Å²) < 4.78 is 1.07. The van der Waals surface area contributed by atoms with Crippen LogP contribution in [0.5, 0.6) is 0 Å². The molecule has 0 aliphatic rings. The summed E-state index contributed by atoms with van der Waals surface area (Å²) in [5.41, 5.74) is 5.10. The summed E-state index contributed by atoms with van der Waals surface area (Å²) in [7, 11) is 0. The number of nitrogens with zero attached hydrogens (tertiary/aromatic N) is 1. The quantitative estimate of drug-likeness (QED) is 0.164. The molecule has 0 spiro atoms. The van der Waals surface area contributed by atoms with Crippen molar-refractivity contribution in [1.82, 2.24) is 5.17 Å². The van der Waals surface area contributed by atoms with Crippen LogP contribution in [0.4, 0.5) is 0 Å². The summed E-state index contributed by atoms with van der Waals surface area (Å²) in [5, 5.41) is 10.3. The molecule has 0 saturated heterocycles. The van der Waals surface area contributed by atoms with Crippen LogP contribution < -0.4 is 32.8 Å². The molecule has 4 nitrogen and oxygen atoms in total. The summed E-state index contributed by atoms with van der Waals surface area (Å²) in [6.07, 6.45) is 0. The van der Waals surface area contributed by atoms with Gasteiger partial charge < -0.3 is 0 Å². The van der Waals surface area contributed by atoms with Gasteiger partial charge in [0.05, 0.1) is 0 Å². The van der Waals surface area contributed by atoms with Gasteiger partial charge in [-0.15, -0.1) is 0 Å². The Balaban J connectivity index is 2.68. The van der Waals surface area contributed by atoms with E-state index in [9.17, 15) is 5.21 Å². The Kier molecular flexibility index (Phi) is 5.11. The Bertz CT molecular complexity index is 41.9. The first-order valence-electron chi connectivity index (χ1n) is 1.70. The minimum atomic E-state index is -0.146. The Morgan fingerprint density at radius 3 is 2.43 bits per heavy atom. The van der Waals surface area contributed by atoms with Gasteiger partial charge in [0, 0.05) is 0 Å². The van der Waals surface area contributed by atoms with E-state index in [1.54, 1.807) is 0 Å².